The standard InChI is InChI=1S/C15H11ClFN3O2.C9H19NO.C7H14/c1-22-13-6-11-8(5-12(13)21)15(19-7-18-11)20-10-4-2-3-9(16)14(10)17;1-5-7-8(6-2)9(11)10(3)4;1-7-5-3-2-4-6-7/h2-7,21H,1H3,(H,18,19,20);8H,5-7H2,1-4H3;7H,2-6H2,1H3. The smallest absolute Gasteiger partial charge is 0.225 e. The molecule has 7 nitrogen and oxygen atoms in total. The van der Waals surface area contributed by atoms with Crippen LogP contribution in [0.15, 0.2) is 36.7 Å². The first-order chi connectivity index (χ1) is 19.1. The molecule has 1 aliphatic carbocycles. The number of benzene rings is 2. The minimum Gasteiger partial charge on any atom is -0.504 e. The van der Waals surface area contributed by atoms with Crippen LogP contribution in [0.3, 0.4) is 0 Å². The van der Waals surface area contributed by atoms with Gasteiger partial charge < -0.3 is 20.1 Å². The van der Waals surface area contributed by atoms with Crippen LogP contribution in [-0.2, 0) is 4.79 Å². The fraction of sp³-hybridized carbons (Fsp3) is 0.516. The van der Waals surface area contributed by atoms with Gasteiger partial charge in [-0.25, -0.2) is 14.4 Å². The number of fused-ring (bicyclic) bond motifs is 1. The van der Waals surface area contributed by atoms with E-state index in [9.17, 15) is 14.3 Å². The van der Waals surface area contributed by atoms with Crippen molar-refractivity contribution in [3.63, 3.8) is 0 Å². The average molecular weight is 575 g/mol. The van der Waals surface area contributed by atoms with Crippen LogP contribution in [0.1, 0.15) is 72.1 Å². The molecular formula is C31H44ClFN4O3. The first-order valence-electron chi connectivity index (χ1n) is 14.1. The summed E-state index contributed by atoms with van der Waals surface area (Å²) in [5.74, 6) is 1.57. The second-order valence-electron chi connectivity index (χ2n) is 10.4. The van der Waals surface area contributed by atoms with E-state index in [1.165, 1.54) is 57.7 Å². The number of carbonyl (C=O) groups is 1. The maximum absolute atomic E-state index is 14.0. The zero-order valence-electron chi connectivity index (χ0n) is 24.6. The van der Waals surface area contributed by atoms with Gasteiger partial charge in [-0.1, -0.05) is 77.0 Å². The van der Waals surface area contributed by atoms with Crippen LogP contribution in [0.2, 0.25) is 5.02 Å². The number of nitrogens with zero attached hydrogens (tertiary/aromatic N) is 3. The van der Waals surface area contributed by atoms with E-state index in [1.54, 1.807) is 23.1 Å². The minimum atomic E-state index is -0.575. The maximum atomic E-state index is 14.0. The van der Waals surface area contributed by atoms with Gasteiger partial charge in [0.05, 0.1) is 23.3 Å². The van der Waals surface area contributed by atoms with Crippen molar-refractivity contribution in [2.45, 2.75) is 72.1 Å². The van der Waals surface area contributed by atoms with E-state index in [0.717, 1.165) is 25.2 Å². The molecule has 0 aliphatic heterocycles. The number of nitrogens with one attached hydrogen (secondary N) is 1. The Morgan fingerprint density at radius 3 is 2.45 bits per heavy atom. The molecule has 1 saturated carbocycles. The normalized spacial score (nSPS) is 13.8. The van der Waals surface area contributed by atoms with Crippen molar-refractivity contribution in [1.29, 1.82) is 0 Å². The molecule has 1 unspecified atom stereocenters. The highest BCUT2D eigenvalue weighted by Crippen LogP contribution is 2.34. The summed E-state index contributed by atoms with van der Waals surface area (Å²) in [5, 5.41) is 13.3. The van der Waals surface area contributed by atoms with Gasteiger partial charge in [-0.05, 0) is 37.0 Å². The van der Waals surface area contributed by atoms with Crippen molar-refractivity contribution in [3.8, 4) is 11.5 Å². The Morgan fingerprint density at radius 1 is 1.20 bits per heavy atom. The Kier molecular flexibility index (Phi) is 13.9. The fourth-order valence-corrected chi connectivity index (χ4v) is 4.76. The number of rotatable bonds is 7. The lowest BCUT2D eigenvalue weighted by molar-refractivity contribution is -0.133. The van der Waals surface area contributed by atoms with E-state index in [0.29, 0.717) is 22.5 Å². The summed E-state index contributed by atoms with van der Waals surface area (Å²) in [6, 6.07) is 7.65. The van der Waals surface area contributed by atoms with E-state index in [-0.39, 0.29) is 28.3 Å². The summed E-state index contributed by atoms with van der Waals surface area (Å²) in [7, 11) is 5.09. The molecule has 1 fully saturated rings. The van der Waals surface area contributed by atoms with Gasteiger partial charge in [0.25, 0.3) is 0 Å². The summed E-state index contributed by atoms with van der Waals surface area (Å²) in [6.07, 6.45) is 11.9. The summed E-state index contributed by atoms with van der Waals surface area (Å²) in [4.78, 5) is 21.3. The van der Waals surface area contributed by atoms with E-state index in [2.05, 4.69) is 36.1 Å². The summed E-state index contributed by atoms with van der Waals surface area (Å²) >= 11 is 5.76. The number of amides is 1. The zero-order chi connectivity index (χ0) is 29.7. The number of anilines is 2. The van der Waals surface area contributed by atoms with Crippen molar-refractivity contribution in [3.05, 3.63) is 47.5 Å². The monoisotopic (exact) mass is 574 g/mol. The Morgan fingerprint density at radius 2 is 1.90 bits per heavy atom. The molecular weight excluding hydrogens is 531 g/mol. The average Bonchev–Trinajstić information content (AvgIpc) is 2.95. The molecule has 1 aromatic heterocycles. The number of ether oxygens (including phenoxy) is 1. The molecule has 2 N–H and O–H groups in total. The fourth-order valence-electron chi connectivity index (χ4n) is 4.59. The van der Waals surface area contributed by atoms with Crippen molar-refractivity contribution >= 4 is 39.9 Å². The lowest BCUT2D eigenvalue weighted by Crippen LogP contribution is -2.29. The summed E-state index contributed by atoms with van der Waals surface area (Å²) in [6.45, 7) is 6.55. The third kappa shape index (κ3) is 9.81. The van der Waals surface area contributed by atoms with E-state index in [4.69, 9.17) is 16.3 Å². The first-order valence-corrected chi connectivity index (χ1v) is 14.4. The Labute approximate surface area is 243 Å². The molecule has 40 heavy (non-hydrogen) atoms. The molecule has 2 aromatic carbocycles. The number of methoxy groups -OCH3 is 1. The third-order valence-electron chi connectivity index (χ3n) is 6.95. The molecule has 3 aromatic rings. The lowest BCUT2D eigenvalue weighted by atomic mass is 9.91. The highest BCUT2D eigenvalue weighted by Gasteiger charge is 2.16. The largest absolute Gasteiger partial charge is 0.504 e. The van der Waals surface area contributed by atoms with Crippen LogP contribution in [0, 0.1) is 17.7 Å². The molecule has 1 heterocycles. The van der Waals surface area contributed by atoms with Crippen molar-refractivity contribution in [1.82, 2.24) is 14.9 Å². The van der Waals surface area contributed by atoms with Gasteiger partial charge in [-0.2, -0.15) is 0 Å². The number of carbonyl (C=O) groups excluding carboxylic acids is 1. The number of aromatic hydroxyl groups is 1. The van der Waals surface area contributed by atoms with Crippen LogP contribution in [-0.4, -0.2) is 47.1 Å². The number of aromatic nitrogens is 2. The molecule has 220 valence electrons. The Hall–Kier alpha value is -3.13. The lowest BCUT2D eigenvalue weighted by Gasteiger charge is -2.18. The van der Waals surface area contributed by atoms with E-state index < -0.39 is 5.82 Å². The summed E-state index contributed by atoms with van der Waals surface area (Å²) in [5.41, 5.74) is 0.734. The number of phenols is 1. The van der Waals surface area contributed by atoms with Gasteiger partial charge >= 0.3 is 0 Å². The van der Waals surface area contributed by atoms with Gasteiger partial charge in [-0.15, -0.1) is 0 Å². The Balaban J connectivity index is 0.000000258. The van der Waals surface area contributed by atoms with E-state index in [1.807, 2.05) is 14.1 Å². The van der Waals surface area contributed by atoms with Crippen LogP contribution in [0.5, 0.6) is 11.5 Å². The number of hydrogen-bond donors (Lipinski definition) is 2. The topological polar surface area (TPSA) is 87.6 Å². The van der Waals surface area contributed by atoms with Gasteiger partial charge in [0.15, 0.2) is 17.3 Å². The zero-order valence-corrected chi connectivity index (χ0v) is 25.4. The molecule has 9 heteroatoms. The number of halogens is 2. The molecule has 4 rings (SSSR count). The second-order valence-corrected chi connectivity index (χ2v) is 10.8. The van der Waals surface area contributed by atoms with E-state index >= 15 is 0 Å². The minimum absolute atomic E-state index is 0.00729. The predicted molar refractivity (Wildman–Crippen MR) is 162 cm³/mol. The van der Waals surface area contributed by atoms with Crippen LogP contribution in [0.4, 0.5) is 15.9 Å². The quantitative estimate of drug-likeness (QED) is 0.295. The van der Waals surface area contributed by atoms with Crippen molar-refractivity contribution < 1.29 is 19.0 Å². The second kappa shape index (κ2) is 16.9. The highest BCUT2D eigenvalue weighted by molar-refractivity contribution is 6.31. The number of phenolic OH excluding ortho intramolecular Hbond substituents is 1. The van der Waals surface area contributed by atoms with Gasteiger partial charge in [0.2, 0.25) is 5.91 Å². The van der Waals surface area contributed by atoms with Crippen molar-refractivity contribution in [2.24, 2.45) is 11.8 Å². The molecule has 0 saturated heterocycles. The first kappa shape index (κ1) is 33.1. The van der Waals surface area contributed by atoms with Crippen LogP contribution >= 0.6 is 11.6 Å². The molecule has 1 atom stereocenters. The molecule has 0 radical (unpaired) electrons. The van der Waals surface area contributed by atoms with Gasteiger partial charge in [0, 0.05) is 31.5 Å². The predicted octanol–water partition coefficient (Wildman–Crippen LogP) is 8.37. The SMILES string of the molecule is CC1CCCCC1.CCCC(CC)C(=O)N(C)C.COc1cc2ncnc(Nc3cccc(Cl)c3F)c2cc1O. The van der Waals surface area contributed by atoms with Gasteiger partial charge in [0.1, 0.15) is 12.1 Å². The maximum Gasteiger partial charge on any atom is 0.225 e. The third-order valence-corrected chi connectivity index (χ3v) is 7.25. The van der Waals surface area contributed by atoms with Gasteiger partial charge in [-0.3, -0.25) is 4.79 Å². The molecule has 0 spiro atoms. The molecule has 1 aliphatic rings. The highest BCUT2D eigenvalue weighted by atomic mass is 35.5. The van der Waals surface area contributed by atoms with Crippen LogP contribution < -0.4 is 10.1 Å². The Bertz CT molecular complexity index is 1220. The van der Waals surface area contributed by atoms with Crippen LogP contribution in [0.25, 0.3) is 10.9 Å². The number of hydrogen-bond acceptors (Lipinski definition) is 6. The molecule has 1 amide bonds. The van der Waals surface area contributed by atoms with Crippen molar-refractivity contribution in [2.75, 3.05) is 26.5 Å². The molecule has 0 bridgehead atoms. The summed E-state index contributed by atoms with van der Waals surface area (Å²) < 4.78 is 19.0.